The average Bonchev–Trinajstić information content (AvgIpc) is 3.41. The second kappa shape index (κ2) is 8.31. The Morgan fingerprint density at radius 2 is 1.97 bits per heavy atom. The van der Waals surface area contributed by atoms with Gasteiger partial charge in [0.2, 0.25) is 0 Å². The smallest absolute Gasteiger partial charge is 0.267 e. The van der Waals surface area contributed by atoms with Crippen LogP contribution in [0.2, 0.25) is 0 Å². The van der Waals surface area contributed by atoms with Gasteiger partial charge in [-0.25, -0.2) is 9.97 Å². The number of fused-ring (bicyclic) bond motifs is 1. The van der Waals surface area contributed by atoms with E-state index in [0.29, 0.717) is 11.5 Å². The van der Waals surface area contributed by atoms with E-state index >= 15 is 0 Å². The molecule has 3 N–H and O–H groups in total. The summed E-state index contributed by atoms with van der Waals surface area (Å²) in [5, 5.41) is 18.7. The van der Waals surface area contributed by atoms with Crippen molar-refractivity contribution >= 4 is 16.8 Å². The molecule has 4 aromatic heterocycles. The van der Waals surface area contributed by atoms with Crippen LogP contribution in [0.25, 0.3) is 33.8 Å². The minimum atomic E-state index is -0.602. The van der Waals surface area contributed by atoms with Crippen LogP contribution in [0.4, 0.5) is 0 Å². The maximum Gasteiger partial charge on any atom is 0.267 e. The minimum Gasteiger partial charge on any atom is -0.396 e. The lowest BCUT2D eigenvalue weighted by Crippen LogP contribution is -2.14. The number of aromatic nitrogens is 7. The quantitative estimate of drug-likeness (QED) is 0.417. The van der Waals surface area contributed by atoms with Crippen LogP contribution >= 0.6 is 0 Å². The van der Waals surface area contributed by atoms with Crippen LogP contribution in [-0.2, 0) is 20.6 Å². The number of pyridine rings is 1. The zero-order valence-corrected chi connectivity index (χ0v) is 17.9. The van der Waals surface area contributed by atoms with Crippen LogP contribution in [0.3, 0.4) is 0 Å². The molecule has 4 aromatic rings. The van der Waals surface area contributed by atoms with Crippen molar-refractivity contribution in [3.63, 3.8) is 0 Å². The highest BCUT2D eigenvalue weighted by Gasteiger charge is 2.20. The summed E-state index contributed by atoms with van der Waals surface area (Å²) in [7, 11) is 3.69. The Labute approximate surface area is 179 Å². The first-order valence-electron chi connectivity index (χ1n) is 10.2. The molecule has 0 aromatic carbocycles. The zero-order valence-electron chi connectivity index (χ0n) is 17.9. The number of carbonyl (C=O) groups is 1. The summed E-state index contributed by atoms with van der Waals surface area (Å²) < 4.78 is 5.51. The molecule has 10 heteroatoms. The van der Waals surface area contributed by atoms with Crippen molar-refractivity contribution in [3.8, 4) is 22.9 Å². The highest BCUT2D eigenvalue weighted by molar-refractivity contribution is 5.99. The molecule has 0 saturated carbocycles. The number of nitrogens with zero attached hydrogens (tertiary/aromatic N) is 7. The molecule has 31 heavy (non-hydrogen) atoms. The summed E-state index contributed by atoms with van der Waals surface area (Å²) >= 11 is 0. The summed E-state index contributed by atoms with van der Waals surface area (Å²) in [5.41, 5.74) is 9.58. The van der Waals surface area contributed by atoms with Crippen molar-refractivity contribution in [3.05, 3.63) is 35.9 Å². The molecule has 162 valence electrons. The molecule has 4 heterocycles. The standard InChI is InChI=1S/C21H26N8O2/c1-13-9-18(29(26-13)7-5-4-6-8-30)16-12-27(2)21(25-16)19-14-11-23-28(3)17(14)10-15(24-19)20(22)31/h9-12,30H,4-8H2,1-3H3,(H2,22,31). The number of aliphatic hydroxyl groups is 1. The number of primary amides is 1. The van der Waals surface area contributed by atoms with Gasteiger partial charge in [-0.2, -0.15) is 10.2 Å². The summed E-state index contributed by atoms with van der Waals surface area (Å²) in [4.78, 5) is 21.2. The third-order valence-electron chi connectivity index (χ3n) is 5.28. The average molecular weight is 422 g/mol. The number of amides is 1. The van der Waals surface area contributed by atoms with E-state index in [1.165, 1.54) is 0 Å². The van der Waals surface area contributed by atoms with Gasteiger partial charge in [0.05, 0.1) is 23.1 Å². The minimum absolute atomic E-state index is 0.167. The number of imidazole rings is 1. The monoisotopic (exact) mass is 422 g/mol. The molecule has 1 amide bonds. The molecule has 0 aliphatic rings. The van der Waals surface area contributed by atoms with Gasteiger partial charge < -0.3 is 15.4 Å². The van der Waals surface area contributed by atoms with Crippen LogP contribution < -0.4 is 5.73 Å². The fourth-order valence-corrected chi connectivity index (χ4v) is 3.72. The molecule has 0 unspecified atom stereocenters. The Morgan fingerprint density at radius 3 is 2.71 bits per heavy atom. The topological polar surface area (TPSA) is 130 Å². The van der Waals surface area contributed by atoms with Crippen LogP contribution in [0.1, 0.15) is 35.4 Å². The number of aryl methyl sites for hydroxylation is 4. The Bertz CT molecular complexity index is 1250. The molecule has 0 fully saturated rings. The Morgan fingerprint density at radius 1 is 1.16 bits per heavy atom. The second-order valence-electron chi connectivity index (χ2n) is 7.66. The SMILES string of the molecule is Cc1cc(-c2cn(C)c(-c3nc(C(N)=O)cc4c3cnn4C)n2)n(CCCCCO)n1. The van der Waals surface area contributed by atoms with Crippen LogP contribution in [-0.4, -0.2) is 51.7 Å². The van der Waals surface area contributed by atoms with E-state index in [-0.39, 0.29) is 12.3 Å². The number of carbonyl (C=O) groups excluding carboxylic acids is 1. The van der Waals surface area contributed by atoms with E-state index in [0.717, 1.165) is 53.8 Å². The van der Waals surface area contributed by atoms with Gasteiger partial charge >= 0.3 is 0 Å². The Kier molecular flexibility index (Phi) is 5.55. The highest BCUT2D eigenvalue weighted by atomic mass is 16.2. The summed E-state index contributed by atoms with van der Waals surface area (Å²) in [6, 6.07) is 3.65. The molecule has 0 saturated heterocycles. The number of rotatable bonds is 8. The number of unbranched alkanes of at least 4 members (excludes halogenated alkanes) is 2. The van der Waals surface area contributed by atoms with E-state index in [1.54, 1.807) is 24.0 Å². The van der Waals surface area contributed by atoms with Crippen molar-refractivity contribution in [1.82, 2.24) is 34.1 Å². The first-order chi connectivity index (χ1) is 14.9. The van der Waals surface area contributed by atoms with Gasteiger partial charge in [0.1, 0.15) is 17.1 Å². The lowest BCUT2D eigenvalue weighted by molar-refractivity contribution is 0.0996. The summed E-state index contributed by atoms with van der Waals surface area (Å²) in [5.74, 6) is 0.0112. The van der Waals surface area contributed by atoms with Crippen molar-refractivity contribution in [1.29, 1.82) is 0 Å². The van der Waals surface area contributed by atoms with Gasteiger partial charge in [-0.15, -0.1) is 0 Å². The van der Waals surface area contributed by atoms with Gasteiger partial charge in [0.25, 0.3) is 5.91 Å². The molecule has 0 bridgehead atoms. The van der Waals surface area contributed by atoms with Gasteiger partial charge in [0, 0.05) is 38.8 Å². The third-order valence-corrected chi connectivity index (χ3v) is 5.28. The van der Waals surface area contributed by atoms with Crippen molar-refractivity contribution in [2.45, 2.75) is 32.7 Å². The zero-order chi connectivity index (χ0) is 22.1. The first-order valence-corrected chi connectivity index (χ1v) is 10.2. The predicted molar refractivity (Wildman–Crippen MR) is 116 cm³/mol. The van der Waals surface area contributed by atoms with Gasteiger partial charge in [-0.3, -0.25) is 14.2 Å². The van der Waals surface area contributed by atoms with Crippen molar-refractivity contribution in [2.24, 2.45) is 19.8 Å². The predicted octanol–water partition coefficient (Wildman–Crippen LogP) is 1.80. The van der Waals surface area contributed by atoms with Crippen molar-refractivity contribution in [2.75, 3.05) is 6.61 Å². The Hall–Kier alpha value is -3.53. The summed E-state index contributed by atoms with van der Waals surface area (Å²) in [6.45, 7) is 2.90. The molecule has 0 radical (unpaired) electrons. The van der Waals surface area contributed by atoms with E-state index < -0.39 is 5.91 Å². The Balaban J connectivity index is 1.77. The first kappa shape index (κ1) is 20.7. The largest absolute Gasteiger partial charge is 0.396 e. The molecule has 0 aliphatic carbocycles. The molecule has 4 rings (SSSR count). The van der Waals surface area contributed by atoms with Crippen LogP contribution in [0.15, 0.2) is 24.5 Å². The van der Waals surface area contributed by atoms with Crippen molar-refractivity contribution < 1.29 is 9.90 Å². The van der Waals surface area contributed by atoms with E-state index in [1.807, 2.05) is 35.5 Å². The normalized spacial score (nSPS) is 11.5. The lowest BCUT2D eigenvalue weighted by atomic mass is 10.2. The van der Waals surface area contributed by atoms with Crippen LogP contribution in [0, 0.1) is 6.92 Å². The van der Waals surface area contributed by atoms with E-state index in [2.05, 4.69) is 15.2 Å². The lowest BCUT2D eigenvalue weighted by Gasteiger charge is -2.06. The molecular formula is C21H26N8O2. The van der Waals surface area contributed by atoms with E-state index in [4.69, 9.17) is 15.8 Å². The molecule has 0 aliphatic heterocycles. The number of aliphatic hydroxyl groups excluding tert-OH is 1. The molecule has 0 spiro atoms. The molecular weight excluding hydrogens is 396 g/mol. The van der Waals surface area contributed by atoms with Gasteiger partial charge in [-0.1, -0.05) is 0 Å². The maximum absolute atomic E-state index is 11.8. The second-order valence-corrected chi connectivity index (χ2v) is 7.66. The highest BCUT2D eigenvalue weighted by Crippen LogP contribution is 2.29. The third kappa shape index (κ3) is 3.93. The van der Waals surface area contributed by atoms with E-state index in [9.17, 15) is 4.79 Å². The van der Waals surface area contributed by atoms with Gasteiger partial charge in [0.15, 0.2) is 5.82 Å². The number of hydrogen-bond donors (Lipinski definition) is 2. The maximum atomic E-state index is 11.8. The number of hydrogen-bond acceptors (Lipinski definition) is 6. The molecule has 10 nitrogen and oxygen atoms in total. The van der Waals surface area contributed by atoms with Crippen LogP contribution in [0.5, 0.6) is 0 Å². The molecule has 0 atom stereocenters. The van der Waals surface area contributed by atoms with Gasteiger partial charge in [-0.05, 0) is 38.3 Å². The fourth-order valence-electron chi connectivity index (χ4n) is 3.72. The fraction of sp³-hybridized carbons (Fsp3) is 0.381. The number of nitrogens with two attached hydrogens (primary N) is 1. The summed E-state index contributed by atoms with van der Waals surface area (Å²) in [6.07, 6.45) is 6.29.